The average molecular weight is 1930 g/mol. The van der Waals surface area contributed by atoms with Crippen LogP contribution in [0.15, 0.2) is 217 Å². The fraction of sp³-hybridized carbons (Fsp3) is 0.449. The minimum atomic E-state index is -1.22. The number of rotatable bonds is 31. The van der Waals surface area contributed by atoms with Crippen molar-refractivity contribution >= 4 is 130 Å². The molecule has 2 aromatic heterocycles. The van der Waals surface area contributed by atoms with Crippen LogP contribution in [-0.2, 0) is 122 Å². The van der Waals surface area contributed by atoms with Crippen molar-refractivity contribution in [2.75, 3.05) is 7.11 Å². The van der Waals surface area contributed by atoms with E-state index in [1.54, 1.807) is 48.6 Å². The Kier molecular flexibility index (Phi) is 52.3. The second-order valence-corrected chi connectivity index (χ2v) is 35.9. The largest absolute Gasteiger partial charge is 0.478 e. The van der Waals surface area contributed by atoms with Crippen LogP contribution in [0.1, 0.15) is 203 Å². The number of Topliss-reactive ketones (excluding diaryl/α,β-unsaturated/α-hetero) is 6. The molecule has 12 rings (SSSR count). The predicted molar refractivity (Wildman–Crippen MR) is 528 cm³/mol. The fourth-order valence-corrected chi connectivity index (χ4v) is 16.3. The Labute approximate surface area is 818 Å². The van der Waals surface area contributed by atoms with Crippen molar-refractivity contribution in [2.24, 2.45) is 5.16 Å². The summed E-state index contributed by atoms with van der Waals surface area (Å²) in [5, 5.41) is 92.7. The van der Waals surface area contributed by atoms with Crippen molar-refractivity contribution in [1.29, 1.82) is 0 Å². The third kappa shape index (κ3) is 47.0. The molecule has 0 saturated carbocycles. The molecule has 742 valence electrons. The zero-order chi connectivity index (χ0) is 101. The van der Waals surface area contributed by atoms with Crippen LogP contribution in [0, 0.1) is 0 Å². The second-order valence-electron chi connectivity index (χ2n) is 34.9. The molecule has 6 aliphatic heterocycles. The van der Waals surface area contributed by atoms with Crippen LogP contribution in [0.4, 0.5) is 0 Å². The molecule has 0 bridgehead atoms. The van der Waals surface area contributed by atoms with E-state index in [0.717, 1.165) is 65.5 Å². The molecule has 8 heterocycles. The molecular weight excluding hydrogens is 1800 g/mol. The summed E-state index contributed by atoms with van der Waals surface area (Å²) >= 11 is 1.36. The van der Waals surface area contributed by atoms with Crippen molar-refractivity contribution in [3.63, 3.8) is 0 Å². The summed E-state index contributed by atoms with van der Waals surface area (Å²) in [7, 11) is -5.43. The monoisotopic (exact) mass is 1930 g/mol. The summed E-state index contributed by atoms with van der Waals surface area (Å²) in [6, 6.07) is 44.7. The summed E-state index contributed by atoms with van der Waals surface area (Å²) in [4.78, 5) is 146. The normalized spacial score (nSPS) is 22.0. The topological polar surface area (TPSA) is 499 Å². The lowest BCUT2D eigenvalue weighted by Crippen LogP contribution is -2.50. The van der Waals surface area contributed by atoms with E-state index in [2.05, 4.69) is 37.1 Å². The first-order valence-corrected chi connectivity index (χ1v) is 47.9. The lowest BCUT2D eigenvalue weighted by Gasteiger charge is -2.28. The molecule has 0 aliphatic carbocycles. The first-order chi connectivity index (χ1) is 66.6. The van der Waals surface area contributed by atoms with Crippen molar-refractivity contribution in [1.82, 2.24) is 31.9 Å². The molecule has 13 N–H and O–H groups in total. The number of hydrogen-bond donors (Lipinski definition) is 13. The number of nitrogens with zero attached hydrogens (tertiary/aromatic N) is 2. The van der Waals surface area contributed by atoms with Crippen LogP contribution in [0.2, 0.25) is 0 Å². The number of carbonyl (C=O) groups excluding carboxylic acids is 12. The molecular formula is C98H131B6N8O26S+. The predicted octanol–water partition coefficient (Wildman–Crippen LogP) is 6.75. The number of pyridine rings is 1. The Morgan fingerprint density at radius 3 is 0.986 bits per heavy atom. The van der Waals surface area contributed by atoms with E-state index in [-0.39, 0.29) is 152 Å². The number of amides is 6. The quantitative estimate of drug-likeness (QED) is 0.00534. The van der Waals surface area contributed by atoms with Gasteiger partial charge in [-0.25, -0.2) is 0 Å². The number of nitrogens with one attached hydrogen (secondary N) is 6. The third-order valence-electron chi connectivity index (χ3n) is 22.3. The van der Waals surface area contributed by atoms with Gasteiger partial charge in [0.15, 0.2) is 5.71 Å². The number of aromatic nitrogens is 1. The lowest BCUT2D eigenvalue weighted by molar-refractivity contribution is -0.905. The van der Waals surface area contributed by atoms with Gasteiger partial charge in [0, 0.05) is 67.1 Å². The Balaban J connectivity index is 0.000000227. The standard InChI is InChI=1S/2C17H24BNO4.2C17H22BNO4.C15H19BN2O5S.C15H19BN2O5/c4*1-13(20)11-15-9-5-6-10-16(18(22)23-15)19-17(21)12-14-7-3-2-4-8-14;1-10(19)9-11-5-3-7-13(16(21)23-11)17-15(20)14(18-22-2)12-6-4-8-24-12;1-11(19)8-13-5-2-6-14(16(21)23-13)17-15(20)9-12-4-3-7-18(22)10-12/h2*2-4,7-8,15-16,22H,5-6,9-12H2,1H3,(H,19,21);2*2-8,15-16,22H,9-12H2,1H3,(H,19,21);3-6,8,11,13,21H,7,9H2,1-2H3,(H,17,20);2-5,7,10,13-14,21H,6,8-9H2,1H3,(H-,17,20,22)/p+1/b;;2*6-5-;18-14-;/t15-,16+;15-,16-;15-,16+;15-,16-;11-,13+;13-,14+/m101011/s1. The molecule has 0 radical (unpaired) electrons. The van der Waals surface area contributed by atoms with E-state index in [1.807, 2.05) is 151 Å². The number of thiophene rings is 1. The van der Waals surface area contributed by atoms with Gasteiger partial charge in [0.1, 0.15) is 41.8 Å². The molecule has 0 spiro atoms. The van der Waals surface area contributed by atoms with Crippen LogP contribution >= 0.6 is 11.3 Å². The van der Waals surface area contributed by atoms with Gasteiger partial charge in [-0.2, -0.15) is 0 Å². The molecule has 6 amide bonds. The first-order valence-electron chi connectivity index (χ1n) is 47.0. The Bertz CT molecular complexity index is 4790. The van der Waals surface area contributed by atoms with Gasteiger partial charge < -0.3 is 94.8 Å². The Morgan fingerprint density at radius 1 is 0.353 bits per heavy atom. The third-order valence-corrected chi connectivity index (χ3v) is 23.2. The maximum absolute atomic E-state index is 12.5. The van der Waals surface area contributed by atoms with Gasteiger partial charge in [0.25, 0.3) is 5.91 Å². The van der Waals surface area contributed by atoms with E-state index in [9.17, 15) is 92.9 Å². The molecule has 2 saturated heterocycles. The summed E-state index contributed by atoms with van der Waals surface area (Å²) in [6.45, 7) is 8.96. The van der Waals surface area contributed by atoms with Crippen molar-refractivity contribution < 1.29 is 130 Å². The van der Waals surface area contributed by atoms with Crippen molar-refractivity contribution in [3.05, 3.63) is 245 Å². The highest BCUT2D eigenvalue weighted by molar-refractivity contribution is 7.13. The van der Waals surface area contributed by atoms with Crippen LogP contribution in [0.5, 0.6) is 0 Å². The summed E-state index contributed by atoms with van der Waals surface area (Å²) in [6.07, 6.45) is 27.5. The van der Waals surface area contributed by atoms with Crippen LogP contribution in [-0.4, -0.2) is 233 Å². The Morgan fingerprint density at radius 2 is 0.647 bits per heavy atom. The van der Waals surface area contributed by atoms with Gasteiger partial charge in [-0.15, -0.1) is 11.3 Å². The number of oxime groups is 1. The van der Waals surface area contributed by atoms with Gasteiger partial charge in [-0.3, -0.25) is 62.7 Å². The molecule has 4 aromatic carbocycles. The maximum Gasteiger partial charge on any atom is 0.478 e. The van der Waals surface area contributed by atoms with Gasteiger partial charge in [-0.05, 0) is 146 Å². The average Bonchev–Trinajstić information content (AvgIpc) is 1.72. The van der Waals surface area contributed by atoms with Crippen molar-refractivity contribution in [3.8, 4) is 0 Å². The number of carbonyl (C=O) groups is 12. The van der Waals surface area contributed by atoms with E-state index >= 15 is 0 Å². The summed E-state index contributed by atoms with van der Waals surface area (Å²) in [5.74, 6) is -4.41. The highest BCUT2D eigenvalue weighted by atomic mass is 32.1. The number of hydrogen-bond acceptors (Lipinski definition) is 28. The van der Waals surface area contributed by atoms with Crippen LogP contribution < -0.4 is 36.6 Å². The molecule has 6 aromatic rings. The maximum atomic E-state index is 12.5. The van der Waals surface area contributed by atoms with Crippen LogP contribution in [0.3, 0.4) is 0 Å². The van der Waals surface area contributed by atoms with Gasteiger partial charge in [0.2, 0.25) is 41.9 Å². The number of benzene rings is 4. The van der Waals surface area contributed by atoms with Crippen LogP contribution in [0.25, 0.3) is 0 Å². The number of ketones is 6. The fourth-order valence-electron chi connectivity index (χ4n) is 15.6. The molecule has 139 heavy (non-hydrogen) atoms. The van der Waals surface area contributed by atoms with E-state index in [0.29, 0.717) is 74.6 Å². The second kappa shape index (κ2) is 63.4. The summed E-state index contributed by atoms with van der Waals surface area (Å²) in [5.41, 5.74) is 4.46. The minimum Gasteiger partial charge on any atom is -0.426 e. The van der Waals surface area contributed by atoms with Gasteiger partial charge >= 0.3 is 42.7 Å². The zero-order valence-corrected chi connectivity index (χ0v) is 80.8. The molecule has 41 heteroatoms. The molecule has 12 atom stereocenters. The van der Waals surface area contributed by atoms with E-state index in [4.69, 9.17) is 32.8 Å². The highest BCUT2D eigenvalue weighted by Crippen LogP contribution is 2.24. The minimum absolute atomic E-state index is 0.0147. The van der Waals surface area contributed by atoms with E-state index in [1.165, 1.54) is 72.4 Å². The van der Waals surface area contributed by atoms with E-state index < -0.39 is 96.5 Å². The lowest BCUT2D eigenvalue weighted by atomic mass is 9.74. The SMILES string of the molecule is CC(=O)C[C@@H]1C/C=C\C[C@H](NC(=O)Cc2ccccc2)B(O)O1.CC(=O)C[C@@H]1CCCC[C@H](NC(=O)Cc2ccccc2)B(O)O1.CC(=O)C[C@H]1C/C=C\C[C@H](NC(=O)Cc2ccccc2)B(O)O1.CC(=O)C[C@H]1C=CC[C@H](NC(=O)Cc2ccc[n+](O)c2)B(O)O1.CC(=O)C[C@H]1CCCC[C@H](NC(=O)Cc2ccccc2)B(O)O1.CO/N=C(\C(=O)N[C@H]1CC=C[C@H](CC(C)=O)OB1O)c1cccs1. The molecule has 0 unspecified atom stereocenters. The van der Waals surface area contributed by atoms with Crippen molar-refractivity contribution in [2.45, 2.75) is 274 Å². The highest BCUT2D eigenvalue weighted by Gasteiger charge is 2.39. The molecule has 34 nitrogen and oxygen atoms in total. The zero-order valence-electron chi connectivity index (χ0n) is 80.0. The molecule has 2 fully saturated rings. The molecule has 6 aliphatic rings. The van der Waals surface area contributed by atoms with Gasteiger partial charge in [-0.1, -0.05) is 207 Å². The van der Waals surface area contributed by atoms with Gasteiger partial charge in [0.05, 0.1) is 97.0 Å². The smallest absolute Gasteiger partial charge is 0.426 e. The summed E-state index contributed by atoms with van der Waals surface area (Å²) < 4.78 is 33.9. The Hall–Kier alpha value is -11.3. The first kappa shape index (κ1) is 115.